The molecule has 18 aromatic rings. The van der Waals surface area contributed by atoms with Gasteiger partial charge in [-0.3, -0.25) is 0 Å². The molecule has 9 heterocycles. The third kappa shape index (κ3) is 15.3. The molecule has 24 bridgehead atoms. The van der Waals surface area contributed by atoms with Gasteiger partial charge in [0.1, 0.15) is 57.9 Å². The fourth-order valence-corrected chi connectivity index (χ4v) is 19.6. The number of para-hydroxylation sites is 10. The van der Waals surface area contributed by atoms with E-state index in [1.807, 2.05) is 231 Å². The molecule has 0 aliphatic carbocycles. The van der Waals surface area contributed by atoms with E-state index in [0.29, 0.717) is 45.0 Å². The smallest absolute Gasteiger partial charge is 0.779 e. The normalized spacial score (nSPS) is 14.4. The largest absolute Gasteiger partial charge is 2.00 e. The monoisotopic (exact) mass is 2140 g/mol. The Labute approximate surface area is 804 Å². The number of imidazole rings is 6. The van der Waals surface area contributed by atoms with E-state index in [4.69, 9.17) is 55.2 Å². The van der Waals surface area contributed by atoms with E-state index >= 15 is 0 Å². The van der Waals surface area contributed by atoms with Crippen molar-refractivity contribution in [3.63, 3.8) is 0 Å². The van der Waals surface area contributed by atoms with Gasteiger partial charge in [-0.1, -0.05) is 205 Å². The summed E-state index contributed by atoms with van der Waals surface area (Å²) in [6, 6.07) is 96.7. The Bertz CT molecular complexity index is 6130. The Morgan fingerprint density at radius 1 is 0.209 bits per heavy atom. The van der Waals surface area contributed by atoms with Gasteiger partial charge in [-0.2, -0.15) is 9.79 Å². The molecule has 3 aliphatic heterocycles. The first-order valence-corrected chi connectivity index (χ1v) is 43.2. The van der Waals surface area contributed by atoms with Gasteiger partial charge in [-0.15, -0.1) is 0 Å². The second kappa shape index (κ2) is 34.5. The molecule has 3 aliphatic rings. The number of hydrogen-bond acceptors (Lipinski definition) is 12. The quantitative estimate of drug-likeness (QED) is 0.0913. The number of phenols is 4. The van der Waals surface area contributed by atoms with Crippen LogP contribution in [0.5, 0.6) is 23.0 Å². The van der Waals surface area contributed by atoms with Gasteiger partial charge >= 0.3 is 21.1 Å². The third-order valence-electron chi connectivity index (χ3n) is 25.7. The van der Waals surface area contributed by atoms with Gasteiger partial charge in [-0.25, -0.2) is 29.9 Å². The maximum Gasteiger partial charge on any atom is 2.00 e. The van der Waals surface area contributed by atoms with Gasteiger partial charge in [0, 0.05) is 167 Å². The van der Waals surface area contributed by atoms with Crippen LogP contribution in [0.15, 0.2) is 338 Å². The summed E-state index contributed by atoms with van der Waals surface area (Å²) < 4.78 is 12.6. The van der Waals surface area contributed by atoms with Crippen LogP contribution in [0.1, 0.15) is 151 Å². The van der Waals surface area contributed by atoms with Crippen molar-refractivity contribution in [2.24, 2.45) is 0 Å². The number of phenolic OH excluding ortho intramolecular Hbond substituents is 4. The zero-order valence-electron chi connectivity index (χ0n) is 73.5. The molecule has 0 atom stereocenters. The molecular formula is C108H94N12O4Pt2S2Zn. The number of rotatable bonds is 6. The van der Waals surface area contributed by atoms with Gasteiger partial charge in [0.05, 0.1) is 55.8 Å². The topological polar surface area (TPSA) is 188 Å². The Morgan fingerprint density at radius 2 is 0.357 bits per heavy atom. The standard InChI is InChI=1S/2C36H32N4O2.C36H32N4S2.2Pt.Zn/c3*1-35(2)27-19-11-17-25(31(27)41)30-22-40(24-15-9-6-10-16-24)34(38-30)36(3,4)28-20-12-18-26(32(28)42)29-21-39(33(35)37-29)23-13-7-5-8-14-23;;;/h3*5-22,41-42H,1-4H3;;;/q;;;;+2;/p-2. The summed E-state index contributed by atoms with van der Waals surface area (Å²) in [5.74, 6) is 5.47. The van der Waals surface area contributed by atoms with Gasteiger partial charge < -0.3 is 73.1 Å². The number of aromatic hydroxyl groups is 4. The molecule has 0 saturated carbocycles. The SMILES string of the molecule is CC1(C)c2cccc(c2O)-c2cn(-c3ccccc3)c(n2)C(C)(C)c2cccc(c2O)-c2cn(-c3ccccc3)c1n2.CC1(C)c2cccc(c2O)-c2cn(-c3ccccc3)c(n2)C(C)(C)c2cccc(c2O)-c2cn(-c3ccccc3)c1n2.CC1(C)c2cccc(c2[S-])-c2cn(-c3ccccc3)c(n2)C(C)(C)c2cccc(c2[S-])-c2cn(-c3ccccc3)c1n2.[Pt+2].[Pt].[Zn]. The number of hydrogen-bond donors (Lipinski definition) is 4. The summed E-state index contributed by atoms with van der Waals surface area (Å²) in [6.45, 7) is 25.3. The van der Waals surface area contributed by atoms with E-state index in [0.717, 1.165) is 135 Å². The molecule has 129 heavy (non-hydrogen) atoms. The molecule has 0 spiro atoms. The first-order valence-electron chi connectivity index (χ1n) is 42.4. The van der Waals surface area contributed by atoms with Gasteiger partial charge in [0.15, 0.2) is 0 Å². The van der Waals surface area contributed by atoms with Crippen LogP contribution < -0.4 is 0 Å². The van der Waals surface area contributed by atoms with Crippen molar-refractivity contribution in [3.8, 4) is 125 Å². The van der Waals surface area contributed by atoms with Crippen molar-refractivity contribution in [2.75, 3.05) is 0 Å². The van der Waals surface area contributed by atoms with Gasteiger partial charge in [0.2, 0.25) is 0 Å². The van der Waals surface area contributed by atoms with Gasteiger partial charge in [-0.05, 0) is 191 Å². The average Bonchev–Trinajstić information content (AvgIpc) is 1.59. The zero-order chi connectivity index (χ0) is 87.7. The molecular weight excluding hydrogens is 2050 g/mol. The van der Waals surface area contributed by atoms with E-state index in [-0.39, 0.29) is 84.6 Å². The fraction of sp³-hybridized carbons (Fsp3) is 0.167. The second-order valence-corrected chi connectivity index (χ2v) is 36.7. The van der Waals surface area contributed by atoms with E-state index < -0.39 is 32.5 Å². The van der Waals surface area contributed by atoms with Crippen molar-refractivity contribution < 1.29 is 82.0 Å². The van der Waals surface area contributed by atoms with Crippen molar-refractivity contribution in [2.45, 2.75) is 125 Å². The van der Waals surface area contributed by atoms with E-state index in [9.17, 15) is 20.4 Å². The summed E-state index contributed by atoms with van der Waals surface area (Å²) >= 11 is 12.5. The Morgan fingerprint density at radius 3 is 0.535 bits per heavy atom. The minimum absolute atomic E-state index is 0. The summed E-state index contributed by atoms with van der Waals surface area (Å²) in [4.78, 5) is 32.8. The molecule has 21 heteroatoms. The Hall–Kier alpha value is -12.5. The van der Waals surface area contributed by atoms with E-state index in [2.05, 4.69) is 208 Å². The van der Waals surface area contributed by atoms with Crippen LogP contribution in [-0.4, -0.2) is 77.7 Å². The summed E-state index contributed by atoms with van der Waals surface area (Å²) in [5, 5.41) is 47.6. The predicted octanol–water partition coefficient (Wildman–Crippen LogP) is 23.7. The molecule has 16 nitrogen and oxygen atoms in total. The van der Waals surface area contributed by atoms with Crippen LogP contribution in [0.2, 0.25) is 0 Å². The Kier molecular flexibility index (Phi) is 24.1. The first kappa shape index (κ1) is 89.9. The molecule has 12 aromatic carbocycles. The van der Waals surface area contributed by atoms with Crippen LogP contribution in [0.4, 0.5) is 0 Å². The summed E-state index contributed by atoms with van der Waals surface area (Å²) in [5.41, 5.74) is 15.7. The number of fused-ring (bicyclic) bond motifs is 30. The molecule has 0 radical (unpaired) electrons. The van der Waals surface area contributed by atoms with Crippen LogP contribution in [0, 0.1) is 0 Å². The van der Waals surface area contributed by atoms with E-state index in [1.54, 1.807) is 0 Å². The van der Waals surface area contributed by atoms with Crippen molar-refractivity contribution >= 4 is 25.3 Å². The number of benzene rings is 12. The minimum atomic E-state index is -0.713. The van der Waals surface area contributed by atoms with Gasteiger partial charge in [0.25, 0.3) is 0 Å². The first-order chi connectivity index (χ1) is 60.5. The average molecular weight is 2140 g/mol. The molecule has 0 saturated heterocycles. The number of nitrogens with zero attached hydrogens (tertiary/aromatic N) is 12. The molecule has 0 fully saturated rings. The molecule has 0 unspecified atom stereocenters. The van der Waals surface area contributed by atoms with Crippen molar-refractivity contribution in [1.82, 2.24) is 57.3 Å². The summed E-state index contributed by atoms with van der Waals surface area (Å²) in [7, 11) is 0. The van der Waals surface area contributed by atoms with Crippen LogP contribution in [-0.2, 0) is 119 Å². The van der Waals surface area contributed by atoms with Crippen LogP contribution in [0.25, 0.3) is 102 Å². The van der Waals surface area contributed by atoms with E-state index in [1.165, 1.54) is 0 Å². The predicted molar refractivity (Wildman–Crippen MR) is 505 cm³/mol. The van der Waals surface area contributed by atoms with Crippen molar-refractivity contribution in [1.29, 1.82) is 0 Å². The molecule has 6 aromatic heterocycles. The molecule has 21 rings (SSSR count). The van der Waals surface area contributed by atoms with Crippen LogP contribution in [0.3, 0.4) is 0 Å². The zero-order valence-corrected chi connectivity index (χ0v) is 82.6. The second-order valence-electron chi connectivity index (χ2n) is 35.9. The number of aromatic nitrogens is 12. The maximum atomic E-state index is 11.9. The fourth-order valence-electron chi connectivity index (χ4n) is 18.6. The minimum Gasteiger partial charge on any atom is -0.779 e. The molecule has 0 amide bonds. The Balaban J connectivity index is 0.000000140. The van der Waals surface area contributed by atoms with Crippen LogP contribution >= 0.6 is 0 Å². The summed E-state index contributed by atoms with van der Waals surface area (Å²) in [6.07, 6.45) is 12.1. The molecule has 4 N–H and O–H groups in total. The molecule has 644 valence electrons. The maximum absolute atomic E-state index is 11.9. The third-order valence-corrected chi connectivity index (χ3v) is 26.5. The van der Waals surface area contributed by atoms with Crippen molar-refractivity contribution in [3.05, 3.63) is 397 Å².